The molecule has 2 unspecified atom stereocenters. The van der Waals surface area contributed by atoms with Crippen molar-refractivity contribution in [2.24, 2.45) is 0 Å². The highest BCUT2D eigenvalue weighted by Crippen LogP contribution is 2.30. The van der Waals surface area contributed by atoms with E-state index in [2.05, 4.69) is 20.2 Å². The maximum atomic E-state index is 13.5. The number of ether oxygens (including phenoxy) is 1. The van der Waals surface area contributed by atoms with Crippen LogP contribution in [0.4, 0.5) is 18.9 Å². The molecule has 174 valence electrons. The van der Waals surface area contributed by atoms with Gasteiger partial charge in [0.2, 0.25) is 17.6 Å². The van der Waals surface area contributed by atoms with E-state index in [-0.39, 0.29) is 29.1 Å². The summed E-state index contributed by atoms with van der Waals surface area (Å²) < 4.78 is 48.7. The van der Waals surface area contributed by atoms with Gasteiger partial charge in [-0.2, -0.15) is 13.8 Å². The number of hydrogen-bond donors (Lipinski definition) is 1. The molecule has 10 heteroatoms. The van der Waals surface area contributed by atoms with Gasteiger partial charge in [-0.05, 0) is 50.6 Å². The quantitative estimate of drug-likeness (QED) is 0.551. The second-order valence-corrected chi connectivity index (χ2v) is 7.84. The number of rotatable bonds is 7. The Morgan fingerprint density at radius 2 is 2.06 bits per heavy atom. The van der Waals surface area contributed by atoms with Crippen molar-refractivity contribution in [1.82, 2.24) is 15.0 Å². The highest BCUT2D eigenvalue weighted by Gasteiger charge is 2.31. The van der Waals surface area contributed by atoms with E-state index in [1.807, 2.05) is 4.90 Å². The summed E-state index contributed by atoms with van der Waals surface area (Å²) in [5.41, 5.74) is 0.704. The Morgan fingerprint density at radius 1 is 1.24 bits per heavy atom. The fourth-order valence-corrected chi connectivity index (χ4v) is 3.88. The number of hydrogen-bond acceptors (Lipinski definition) is 6. The van der Waals surface area contributed by atoms with Crippen molar-refractivity contribution >= 4 is 11.6 Å². The Kier molecular flexibility index (Phi) is 6.93. The molecule has 1 aliphatic heterocycles. The first-order chi connectivity index (χ1) is 15.9. The number of para-hydroxylation sites is 2. The molecule has 1 N–H and O–H groups in total. The van der Waals surface area contributed by atoms with Crippen LogP contribution in [0.25, 0.3) is 11.4 Å². The predicted molar refractivity (Wildman–Crippen MR) is 114 cm³/mol. The lowest BCUT2D eigenvalue weighted by Crippen LogP contribution is -2.46. The van der Waals surface area contributed by atoms with Crippen molar-refractivity contribution < 1.29 is 27.2 Å². The van der Waals surface area contributed by atoms with Crippen LogP contribution in [-0.2, 0) is 4.79 Å². The molecule has 4 rings (SSSR count). The lowest BCUT2D eigenvalue weighted by molar-refractivity contribution is -0.121. The Hall–Kier alpha value is -3.40. The van der Waals surface area contributed by atoms with Crippen LogP contribution in [0.15, 0.2) is 53.1 Å². The van der Waals surface area contributed by atoms with Crippen molar-refractivity contribution in [3.63, 3.8) is 0 Å². The molecule has 1 aliphatic rings. The normalized spacial score (nSPS) is 17.7. The monoisotopic (exact) mass is 460 g/mol. The maximum absolute atomic E-state index is 13.5. The molecule has 0 saturated carbocycles. The van der Waals surface area contributed by atoms with Gasteiger partial charge >= 0.3 is 6.61 Å². The number of anilines is 1. The van der Waals surface area contributed by atoms with E-state index < -0.39 is 12.7 Å². The first-order valence-corrected chi connectivity index (χ1v) is 10.6. The van der Waals surface area contributed by atoms with Crippen molar-refractivity contribution in [1.29, 1.82) is 0 Å². The zero-order chi connectivity index (χ0) is 23.4. The summed E-state index contributed by atoms with van der Waals surface area (Å²) in [6.07, 6.45) is 1.62. The topological polar surface area (TPSA) is 80.5 Å². The summed E-state index contributed by atoms with van der Waals surface area (Å²) in [5.74, 6) is -0.168. The van der Waals surface area contributed by atoms with Crippen LogP contribution < -0.4 is 10.1 Å². The first-order valence-electron chi connectivity index (χ1n) is 10.6. The molecule has 0 radical (unpaired) electrons. The second-order valence-electron chi connectivity index (χ2n) is 7.84. The molecule has 3 aromatic rings. The Labute approximate surface area is 188 Å². The fraction of sp³-hybridized carbons (Fsp3) is 0.348. The molecular weight excluding hydrogens is 437 g/mol. The number of halogens is 3. The molecule has 1 aromatic heterocycles. The standard InChI is InChI=1S/C23H23F3N4O3/c1-14(21(31)27-18-9-2-3-10-19(18)32-23(25)26)30-11-5-7-16(13-30)22-28-20(29-33-22)15-6-4-8-17(24)12-15/h2-4,6,8-10,12,14,16,23H,5,7,11,13H2,1H3,(H,27,31). The van der Waals surface area contributed by atoms with Crippen LogP contribution in [0.3, 0.4) is 0 Å². The van der Waals surface area contributed by atoms with E-state index in [0.29, 0.717) is 30.4 Å². The van der Waals surface area contributed by atoms with Gasteiger partial charge < -0.3 is 14.6 Å². The van der Waals surface area contributed by atoms with E-state index in [9.17, 15) is 18.0 Å². The molecular formula is C23H23F3N4O3. The lowest BCUT2D eigenvalue weighted by Gasteiger charge is -2.34. The van der Waals surface area contributed by atoms with Crippen LogP contribution in [-0.4, -0.2) is 46.7 Å². The number of nitrogens with zero attached hydrogens (tertiary/aromatic N) is 3. The van der Waals surface area contributed by atoms with Crippen LogP contribution in [0.5, 0.6) is 5.75 Å². The minimum Gasteiger partial charge on any atom is -0.433 e. The molecule has 0 aliphatic carbocycles. The SMILES string of the molecule is CC(C(=O)Nc1ccccc1OC(F)F)N1CCCC(c2nc(-c3cccc(F)c3)no2)C1. The highest BCUT2D eigenvalue weighted by molar-refractivity contribution is 5.95. The highest BCUT2D eigenvalue weighted by atomic mass is 19.3. The van der Waals surface area contributed by atoms with E-state index >= 15 is 0 Å². The van der Waals surface area contributed by atoms with Crippen molar-refractivity contribution in [2.45, 2.75) is 38.3 Å². The van der Waals surface area contributed by atoms with Gasteiger partial charge in [-0.25, -0.2) is 4.39 Å². The Morgan fingerprint density at radius 3 is 2.85 bits per heavy atom. The average molecular weight is 460 g/mol. The van der Waals surface area contributed by atoms with Crippen molar-refractivity contribution in [3.05, 3.63) is 60.2 Å². The number of aromatic nitrogens is 2. The zero-order valence-corrected chi connectivity index (χ0v) is 17.9. The zero-order valence-electron chi connectivity index (χ0n) is 17.9. The van der Waals surface area contributed by atoms with E-state index in [4.69, 9.17) is 4.52 Å². The fourth-order valence-electron chi connectivity index (χ4n) is 3.88. The van der Waals surface area contributed by atoms with Gasteiger partial charge in [-0.15, -0.1) is 0 Å². The molecule has 1 fully saturated rings. The third kappa shape index (κ3) is 5.51. The number of nitrogens with one attached hydrogen (secondary N) is 1. The number of likely N-dealkylation sites (tertiary alicyclic amines) is 1. The lowest BCUT2D eigenvalue weighted by atomic mass is 9.96. The van der Waals surface area contributed by atoms with Crippen LogP contribution >= 0.6 is 0 Å². The number of alkyl halides is 2. The molecule has 2 aromatic carbocycles. The Bertz CT molecular complexity index is 1110. The predicted octanol–water partition coefficient (Wildman–Crippen LogP) is 4.68. The molecule has 33 heavy (non-hydrogen) atoms. The van der Waals surface area contributed by atoms with Gasteiger partial charge in [0, 0.05) is 12.1 Å². The van der Waals surface area contributed by atoms with Crippen LogP contribution in [0.2, 0.25) is 0 Å². The van der Waals surface area contributed by atoms with E-state index in [1.54, 1.807) is 31.2 Å². The molecule has 1 amide bonds. The second kappa shape index (κ2) is 10.0. The average Bonchev–Trinajstić information content (AvgIpc) is 3.30. The minimum absolute atomic E-state index is 0.0849. The Balaban J connectivity index is 1.42. The number of piperidine rings is 1. The van der Waals surface area contributed by atoms with Gasteiger partial charge in [-0.3, -0.25) is 9.69 Å². The number of carbonyl (C=O) groups excluding carboxylic acids is 1. The van der Waals surface area contributed by atoms with Gasteiger partial charge in [0.1, 0.15) is 11.6 Å². The van der Waals surface area contributed by atoms with E-state index in [0.717, 1.165) is 12.8 Å². The van der Waals surface area contributed by atoms with Crippen LogP contribution in [0.1, 0.15) is 31.6 Å². The van der Waals surface area contributed by atoms with Gasteiger partial charge in [0.15, 0.2) is 0 Å². The molecule has 0 bridgehead atoms. The van der Waals surface area contributed by atoms with Crippen molar-refractivity contribution in [3.8, 4) is 17.1 Å². The summed E-state index contributed by atoms with van der Waals surface area (Å²) in [5, 5.41) is 6.64. The minimum atomic E-state index is -2.99. The van der Waals surface area contributed by atoms with Gasteiger partial charge in [0.25, 0.3) is 0 Å². The van der Waals surface area contributed by atoms with E-state index in [1.165, 1.54) is 24.3 Å². The summed E-state index contributed by atoms with van der Waals surface area (Å²) in [7, 11) is 0. The van der Waals surface area contributed by atoms with Crippen LogP contribution in [0, 0.1) is 5.82 Å². The molecule has 7 nitrogen and oxygen atoms in total. The first kappa shape index (κ1) is 22.8. The van der Waals surface area contributed by atoms with Crippen molar-refractivity contribution in [2.75, 3.05) is 18.4 Å². The summed E-state index contributed by atoms with van der Waals surface area (Å²) in [4.78, 5) is 19.2. The summed E-state index contributed by atoms with van der Waals surface area (Å²) in [6, 6.07) is 11.5. The summed E-state index contributed by atoms with van der Waals surface area (Å²) >= 11 is 0. The van der Waals surface area contributed by atoms with Gasteiger partial charge in [-0.1, -0.05) is 29.4 Å². The number of amides is 1. The number of carbonyl (C=O) groups is 1. The maximum Gasteiger partial charge on any atom is 0.387 e. The smallest absolute Gasteiger partial charge is 0.387 e. The molecule has 0 spiro atoms. The molecule has 2 heterocycles. The largest absolute Gasteiger partial charge is 0.433 e. The number of benzene rings is 2. The third-order valence-corrected chi connectivity index (χ3v) is 5.61. The third-order valence-electron chi connectivity index (χ3n) is 5.61. The molecule has 2 atom stereocenters. The summed E-state index contributed by atoms with van der Waals surface area (Å²) in [6.45, 7) is -0.0463. The van der Waals surface area contributed by atoms with Gasteiger partial charge in [0.05, 0.1) is 17.6 Å². The molecule has 1 saturated heterocycles.